The summed E-state index contributed by atoms with van der Waals surface area (Å²) < 4.78 is 41.7. The largest absolute Gasteiger partial charge is 0.416 e. The fraction of sp³-hybridized carbons (Fsp3) is 0.148. The van der Waals surface area contributed by atoms with Crippen molar-refractivity contribution in [3.05, 3.63) is 119 Å². The number of nitrogens with zero attached hydrogens (tertiary/aromatic N) is 2. The fourth-order valence-electron chi connectivity index (χ4n) is 4.41. The number of fused-ring (bicyclic) bond motifs is 3. The van der Waals surface area contributed by atoms with E-state index in [4.69, 9.17) is 0 Å². The van der Waals surface area contributed by atoms with Crippen LogP contribution in [0, 0.1) is 6.92 Å². The third-order valence-corrected chi connectivity index (χ3v) is 6.06. The molecule has 34 heavy (non-hydrogen) atoms. The summed E-state index contributed by atoms with van der Waals surface area (Å²) in [4.78, 5) is 15.3. The van der Waals surface area contributed by atoms with Crippen molar-refractivity contribution in [1.82, 2.24) is 9.47 Å². The van der Waals surface area contributed by atoms with Crippen LogP contribution in [0.5, 0.6) is 0 Å². The Hall–Kier alpha value is -4.00. The number of aryl methyl sites for hydroxylation is 1. The summed E-state index contributed by atoms with van der Waals surface area (Å²) >= 11 is 0. The minimum Gasteiger partial charge on any atom is -0.318 e. The van der Waals surface area contributed by atoms with Gasteiger partial charge in [-0.25, -0.2) is 4.79 Å². The number of anilines is 1. The van der Waals surface area contributed by atoms with Gasteiger partial charge in [0.25, 0.3) is 0 Å². The number of halogens is 3. The van der Waals surface area contributed by atoms with E-state index < -0.39 is 23.8 Å². The first-order valence-corrected chi connectivity index (χ1v) is 10.9. The molecule has 0 bridgehead atoms. The maximum absolute atomic E-state index is 13.6. The van der Waals surface area contributed by atoms with Crippen LogP contribution in [0.2, 0.25) is 0 Å². The number of amides is 2. The molecule has 1 N–H and O–H groups in total. The van der Waals surface area contributed by atoms with Gasteiger partial charge in [-0.3, -0.25) is 0 Å². The van der Waals surface area contributed by atoms with Gasteiger partial charge in [0.2, 0.25) is 0 Å². The highest BCUT2D eigenvalue weighted by molar-refractivity contribution is 5.90. The number of para-hydroxylation sites is 1. The summed E-state index contributed by atoms with van der Waals surface area (Å²) in [5, 5.41) is 2.69. The Balaban J connectivity index is 1.59. The maximum atomic E-state index is 13.6. The predicted octanol–water partition coefficient (Wildman–Crippen LogP) is 6.94. The Morgan fingerprint density at radius 2 is 1.71 bits per heavy atom. The second-order valence-electron chi connectivity index (χ2n) is 8.38. The smallest absolute Gasteiger partial charge is 0.318 e. The van der Waals surface area contributed by atoms with Crippen LogP contribution in [0.25, 0.3) is 5.69 Å². The Kier molecular flexibility index (Phi) is 5.40. The van der Waals surface area contributed by atoms with Crippen LogP contribution < -0.4 is 5.32 Å². The molecule has 0 saturated heterocycles. The molecule has 4 aromatic rings. The Morgan fingerprint density at radius 3 is 2.47 bits per heavy atom. The molecule has 0 aliphatic carbocycles. The number of carbonyl (C=O) groups is 1. The quantitative estimate of drug-likeness (QED) is 0.345. The molecule has 1 aliphatic rings. The molecule has 1 aliphatic heterocycles. The van der Waals surface area contributed by atoms with Gasteiger partial charge in [-0.05, 0) is 54.4 Å². The van der Waals surface area contributed by atoms with Crippen molar-refractivity contribution in [2.24, 2.45) is 0 Å². The van der Waals surface area contributed by atoms with Crippen LogP contribution in [0.1, 0.15) is 34.0 Å². The predicted molar refractivity (Wildman–Crippen MR) is 125 cm³/mol. The van der Waals surface area contributed by atoms with Crippen molar-refractivity contribution in [3.8, 4) is 5.69 Å². The zero-order valence-corrected chi connectivity index (χ0v) is 18.4. The van der Waals surface area contributed by atoms with Crippen molar-refractivity contribution in [3.63, 3.8) is 0 Å². The molecular formula is C27H22F3N3O. The van der Waals surface area contributed by atoms with E-state index in [1.807, 2.05) is 73.8 Å². The monoisotopic (exact) mass is 461 g/mol. The molecule has 0 saturated carbocycles. The number of hydrogen-bond acceptors (Lipinski definition) is 1. The van der Waals surface area contributed by atoms with E-state index in [2.05, 4.69) is 9.88 Å². The summed E-state index contributed by atoms with van der Waals surface area (Å²) in [6, 6.07) is 23.4. The van der Waals surface area contributed by atoms with Crippen molar-refractivity contribution in [1.29, 1.82) is 0 Å². The SMILES string of the molecule is Cc1ccc([C@H]2c3cccn3-c3ccccc3CN2C(=O)Nc2cccc(C(F)(F)F)c2)cc1. The standard InChI is InChI=1S/C27H22F3N3O/c1-18-11-13-19(14-12-18)25-24-10-5-15-32(24)23-9-3-2-6-20(23)17-33(25)26(34)31-22-8-4-7-21(16-22)27(28,29)30/h2-16,25H,17H2,1H3,(H,31,34)/t25-/m0/s1. The van der Waals surface area contributed by atoms with Crippen LogP contribution >= 0.6 is 0 Å². The minimum atomic E-state index is -4.49. The molecule has 7 heteroatoms. The zero-order chi connectivity index (χ0) is 23.9. The van der Waals surface area contributed by atoms with Gasteiger partial charge in [0.1, 0.15) is 0 Å². The van der Waals surface area contributed by atoms with Crippen LogP contribution in [-0.4, -0.2) is 15.5 Å². The van der Waals surface area contributed by atoms with Gasteiger partial charge < -0.3 is 14.8 Å². The third kappa shape index (κ3) is 4.05. The first-order valence-electron chi connectivity index (χ1n) is 10.9. The van der Waals surface area contributed by atoms with E-state index in [-0.39, 0.29) is 5.69 Å². The number of nitrogens with one attached hydrogen (secondary N) is 1. The molecule has 1 aromatic heterocycles. The fourth-order valence-corrected chi connectivity index (χ4v) is 4.41. The lowest BCUT2D eigenvalue weighted by Crippen LogP contribution is -2.38. The second kappa shape index (κ2) is 8.41. The van der Waals surface area contributed by atoms with Crippen molar-refractivity contribution in [2.45, 2.75) is 25.7 Å². The minimum absolute atomic E-state index is 0.0930. The average Bonchev–Trinajstić information content (AvgIpc) is 3.24. The van der Waals surface area contributed by atoms with E-state index in [0.29, 0.717) is 6.54 Å². The van der Waals surface area contributed by atoms with E-state index in [0.717, 1.165) is 40.2 Å². The molecule has 2 heterocycles. The topological polar surface area (TPSA) is 37.3 Å². The lowest BCUT2D eigenvalue weighted by molar-refractivity contribution is -0.137. The Labute approximate surface area is 195 Å². The number of benzene rings is 3. The van der Waals surface area contributed by atoms with Crippen molar-refractivity contribution >= 4 is 11.7 Å². The molecule has 5 rings (SSSR count). The number of alkyl halides is 3. The first-order chi connectivity index (χ1) is 16.3. The summed E-state index contributed by atoms with van der Waals surface area (Å²) in [6.07, 6.45) is -2.53. The van der Waals surface area contributed by atoms with E-state index in [1.165, 1.54) is 12.1 Å². The molecule has 0 unspecified atom stereocenters. The molecule has 172 valence electrons. The Morgan fingerprint density at radius 1 is 0.941 bits per heavy atom. The Bertz CT molecular complexity index is 1340. The van der Waals surface area contributed by atoms with Gasteiger partial charge in [-0.2, -0.15) is 13.2 Å². The summed E-state index contributed by atoms with van der Waals surface area (Å²) in [5.41, 5.74) is 4.09. The second-order valence-corrected chi connectivity index (χ2v) is 8.38. The lowest BCUT2D eigenvalue weighted by Gasteiger charge is -2.31. The van der Waals surface area contributed by atoms with Crippen LogP contribution in [-0.2, 0) is 12.7 Å². The molecule has 0 spiro atoms. The zero-order valence-electron chi connectivity index (χ0n) is 18.4. The molecule has 1 atom stereocenters. The number of aromatic nitrogens is 1. The molecular weight excluding hydrogens is 439 g/mol. The molecule has 2 amide bonds. The molecule has 0 radical (unpaired) electrons. The van der Waals surface area contributed by atoms with Gasteiger partial charge in [-0.1, -0.05) is 54.1 Å². The van der Waals surface area contributed by atoms with Crippen LogP contribution in [0.3, 0.4) is 0 Å². The number of carbonyl (C=O) groups excluding carboxylic acids is 1. The highest BCUT2D eigenvalue weighted by atomic mass is 19.4. The first kappa shape index (κ1) is 21.8. The average molecular weight is 461 g/mol. The highest BCUT2D eigenvalue weighted by Gasteiger charge is 2.34. The number of urea groups is 1. The molecule has 4 nitrogen and oxygen atoms in total. The van der Waals surface area contributed by atoms with Gasteiger partial charge in [-0.15, -0.1) is 0 Å². The van der Waals surface area contributed by atoms with Crippen molar-refractivity contribution < 1.29 is 18.0 Å². The number of rotatable bonds is 2. The van der Waals surface area contributed by atoms with E-state index >= 15 is 0 Å². The normalized spacial score (nSPS) is 15.3. The van der Waals surface area contributed by atoms with E-state index in [9.17, 15) is 18.0 Å². The maximum Gasteiger partial charge on any atom is 0.416 e. The van der Waals surface area contributed by atoms with Gasteiger partial charge in [0.05, 0.1) is 23.8 Å². The van der Waals surface area contributed by atoms with Crippen molar-refractivity contribution in [2.75, 3.05) is 5.32 Å². The summed E-state index contributed by atoms with van der Waals surface area (Å²) in [5.74, 6) is 0. The van der Waals surface area contributed by atoms with Crippen LogP contribution in [0.15, 0.2) is 91.1 Å². The lowest BCUT2D eigenvalue weighted by atomic mass is 10.0. The van der Waals surface area contributed by atoms with Gasteiger partial charge in [0.15, 0.2) is 0 Å². The van der Waals surface area contributed by atoms with Gasteiger partial charge >= 0.3 is 12.2 Å². The van der Waals surface area contributed by atoms with Gasteiger partial charge in [0, 0.05) is 17.6 Å². The summed E-state index contributed by atoms with van der Waals surface area (Å²) in [7, 11) is 0. The third-order valence-electron chi connectivity index (χ3n) is 6.06. The number of hydrogen-bond donors (Lipinski definition) is 1. The molecule has 0 fully saturated rings. The summed E-state index contributed by atoms with van der Waals surface area (Å²) in [6.45, 7) is 2.29. The molecule has 3 aromatic carbocycles. The van der Waals surface area contributed by atoms with Crippen LogP contribution in [0.4, 0.5) is 23.7 Å². The van der Waals surface area contributed by atoms with E-state index in [1.54, 1.807) is 4.90 Å². The highest BCUT2D eigenvalue weighted by Crippen LogP contribution is 2.37.